The zero-order valence-corrected chi connectivity index (χ0v) is 10.1. The summed E-state index contributed by atoms with van der Waals surface area (Å²) in [5.74, 6) is 0.259. The van der Waals surface area contributed by atoms with Gasteiger partial charge in [-0.1, -0.05) is 18.2 Å². The van der Waals surface area contributed by atoms with Gasteiger partial charge in [0.05, 0.1) is 6.10 Å². The predicted molar refractivity (Wildman–Crippen MR) is 64.4 cm³/mol. The molecule has 2 nitrogen and oxygen atoms in total. The summed E-state index contributed by atoms with van der Waals surface area (Å²) in [4.78, 5) is 0. The molecule has 1 aliphatic heterocycles. The van der Waals surface area contributed by atoms with Crippen molar-refractivity contribution in [2.24, 2.45) is 5.92 Å². The largest absolute Gasteiger partial charge is 0.396 e. The molecule has 1 fully saturated rings. The van der Waals surface area contributed by atoms with Crippen LogP contribution >= 0.6 is 0 Å². The fourth-order valence-electron chi connectivity index (χ4n) is 2.46. The third-order valence-corrected chi connectivity index (χ3v) is 3.63. The first-order valence-electron chi connectivity index (χ1n) is 6.02. The van der Waals surface area contributed by atoms with Crippen molar-refractivity contribution in [2.45, 2.75) is 32.8 Å². The molecule has 2 unspecified atom stereocenters. The number of ether oxygens (including phenoxy) is 1. The second-order valence-corrected chi connectivity index (χ2v) is 4.67. The fraction of sp³-hybridized carbons (Fsp3) is 0.571. The summed E-state index contributed by atoms with van der Waals surface area (Å²) < 4.78 is 5.84. The van der Waals surface area contributed by atoms with Gasteiger partial charge < -0.3 is 9.84 Å². The van der Waals surface area contributed by atoms with Crippen LogP contribution in [0.5, 0.6) is 0 Å². The first-order valence-corrected chi connectivity index (χ1v) is 6.02. The SMILES string of the molecule is Cc1cccc(C2OCCCC2CO)c1C. The summed E-state index contributed by atoms with van der Waals surface area (Å²) in [6.45, 7) is 5.29. The van der Waals surface area contributed by atoms with Crippen molar-refractivity contribution in [1.29, 1.82) is 0 Å². The van der Waals surface area contributed by atoms with Crippen molar-refractivity contribution in [3.63, 3.8) is 0 Å². The molecule has 88 valence electrons. The molecule has 1 aromatic carbocycles. The van der Waals surface area contributed by atoms with Gasteiger partial charge in [-0.05, 0) is 43.4 Å². The highest BCUT2D eigenvalue weighted by molar-refractivity contribution is 5.35. The zero-order valence-electron chi connectivity index (χ0n) is 10.1. The number of hydrogen-bond donors (Lipinski definition) is 1. The lowest BCUT2D eigenvalue weighted by atomic mass is 9.87. The molecule has 1 N–H and O–H groups in total. The first kappa shape index (κ1) is 11.6. The van der Waals surface area contributed by atoms with Crippen molar-refractivity contribution in [2.75, 3.05) is 13.2 Å². The Balaban J connectivity index is 2.30. The van der Waals surface area contributed by atoms with Gasteiger partial charge in [0, 0.05) is 19.1 Å². The van der Waals surface area contributed by atoms with Gasteiger partial charge in [-0.2, -0.15) is 0 Å². The predicted octanol–water partition coefficient (Wildman–Crippen LogP) is 2.76. The maximum atomic E-state index is 9.40. The molecule has 0 amide bonds. The lowest BCUT2D eigenvalue weighted by molar-refractivity contribution is -0.0460. The molecule has 1 aliphatic rings. The molecule has 0 saturated carbocycles. The maximum absolute atomic E-state index is 9.40. The first-order chi connectivity index (χ1) is 7.74. The minimum absolute atomic E-state index is 0.0821. The Morgan fingerprint density at radius 1 is 1.38 bits per heavy atom. The molecular weight excluding hydrogens is 200 g/mol. The quantitative estimate of drug-likeness (QED) is 0.830. The van der Waals surface area contributed by atoms with Crippen LogP contribution in [0.3, 0.4) is 0 Å². The van der Waals surface area contributed by atoms with Crippen molar-refractivity contribution >= 4 is 0 Å². The highest BCUT2D eigenvalue weighted by Crippen LogP contribution is 2.35. The summed E-state index contributed by atoms with van der Waals surface area (Å²) in [5, 5.41) is 9.40. The Kier molecular flexibility index (Phi) is 3.62. The van der Waals surface area contributed by atoms with Crippen LogP contribution in [-0.2, 0) is 4.74 Å². The fourth-order valence-corrected chi connectivity index (χ4v) is 2.46. The van der Waals surface area contributed by atoms with Crippen molar-refractivity contribution < 1.29 is 9.84 Å². The number of aliphatic hydroxyl groups is 1. The van der Waals surface area contributed by atoms with E-state index in [1.165, 1.54) is 16.7 Å². The van der Waals surface area contributed by atoms with E-state index >= 15 is 0 Å². The molecular formula is C14H20O2. The second kappa shape index (κ2) is 4.98. The van der Waals surface area contributed by atoms with Crippen LogP contribution in [0.2, 0.25) is 0 Å². The van der Waals surface area contributed by atoms with Gasteiger partial charge in [-0.3, -0.25) is 0 Å². The number of aryl methyl sites for hydroxylation is 1. The molecule has 0 aromatic heterocycles. The maximum Gasteiger partial charge on any atom is 0.0877 e. The number of hydrogen-bond acceptors (Lipinski definition) is 2. The van der Waals surface area contributed by atoms with E-state index in [9.17, 15) is 5.11 Å². The average molecular weight is 220 g/mol. The average Bonchev–Trinajstić information content (AvgIpc) is 2.33. The Labute approximate surface area is 97.3 Å². The van der Waals surface area contributed by atoms with Crippen LogP contribution in [0, 0.1) is 19.8 Å². The summed E-state index contributed by atoms with van der Waals surface area (Å²) in [5.41, 5.74) is 3.84. The van der Waals surface area contributed by atoms with E-state index < -0.39 is 0 Å². The Hall–Kier alpha value is -0.860. The summed E-state index contributed by atoms with van der Waals surface area (Å²) in [6, 6.07) is 6.32. The van der Waals surface area contributed by atoms with Crippen molar-refractivity contribution in [3.05, 3.63) is 34.9 Å². The van der Waals surface area contributed by atoms with Crippen LogP contribution in [-0.4, -0.2) is 18.3 Å². The van der Waals surface area contributed by atoms with Crippen LogP contribution < -0.4 is 0 Å². The molecule has 0 bridgehead atoms. The summed E-state index contributed by atoms with van der Waals surface area (Å²) in [6.07, 6.45) is 2.21. The third kappa shape index (κ3) is 2.13. The van der Waals surface area contributed by atoms with E-state index in [4.69, 9.17) is 4.74 Å². The molecule has 1 aromatic rings. The molecule has 2 rings (SSSR count). The molecule has 2 atom stereocenters. The molecule has 1 heterocycles. The number of rotatable bonds is 2. The lowest BCUT2D eigenvalue weighted by Gasteiger charge is -2.32. The van der Waals surface area contributed by atoms with Gasteiger partial charge in [0.25, 0.3) is 0 Å². The monoisotopic (exact) mass is 220 g/mol. The van der Waals surface area contributed by atoms with E-state index in [-0.39, 0.29) is 18.6 Å². The molecule has 2 heteroatoms. The highest BCUT2D eigenvalue weighted by atomic mass is 16.5. The zero-order chi connectivity index (χ0) is 11.5. The van der Waals surface area contributed by atoms with E-state index in [0.717, 1.165) is 19.4 Å². The Morgan fingerprint density at radius 3 is 2.94 bits per heavy atom. The van der Waals surface area contributed by atoms with Gasteiger partial charge in [-0.25, -0.2) is 0 Å². The number of benzene rings is 1. The summed E-state index contributed by atoms with van der Waals surface area (Å²) >= 11 is 0. The lowest BCUT2D eigenvalue weighted by Crippen LogP contribution is -2.26. The van der Waals surface area contributed by atoms with Crippen LogP contribution in [0.25, 0.3) is 0 Å². The Bertz CT molecular complexity index is 360. The Morgan fingerprint density at radius 2 is 2.19 bits per heavy atom. The minimum atomic E-state index is 0.0821. The standard InChI is InChI=1S/C14H20O2/c1-10-5-3-7-13(11(10)2)14-12(9-15)6-4-8-16-14/h3,5,7,12,14-15H,4,6,8-9H2,1-2H3. The van der Waals surface area contributed by atoms with Gasteiger partial charge in [0.15, 0.2) is 0 Å². The van der Waals surface area contributed by atoms with Gasteiger partial charge >= 0.3 is 0 Å². The molecule has 1 saturated heterocycles. The van der Waals surface area contributed by atoms with Gasteiger partial charge in [-0.15, -0.1) is 0 Å². The van der Waals surface area contributed by atoms with Crippen molar-refractivity contribution in [1.82, 2.24) is 0 Å². The van der Waals surface area contributed by atoms with Gasteiger partial charge in [0.2, 0.25) is 0 Å². The normalized spacial score (nSPS) is 25.7. The van der Waals surface area contributed by atoms with Crippen LogP contribution in [0.4, 0.5) is 0 Å². The van der Waals surface area contributed by atoms with E-state index in [2.05, 4.69) is 32.0 Å². The van der Waals surface area contributed by atoms with E-state index in [1.54, 1.807) is 0 Å². The second-order valence-electron chi connectivity index (χ2n) is 4.67. The van der Waals surface area contributed by atoms with E-state index in [0.29, 0.717) is 0 Å². The van der Waals surface area contributed by atoms with E-state index in [1.807, 2.05) is 0 Å². The highest BCUT2D eigenvalue weighted by Gasteiger charge is 2.27. The van der Waals surface area contributed by atoms with Crippen LogP contribution in [0.15, 0.2) is 18.2 Å². The molecule has 0 spiro atoms. The third-order valence-electron chi connectivity index (χ3n) is 3.63. The molecule has 0 aliphatic carbocycles. The molecule has 16 heavy (non-hydrogen) atoms. The van der Waals surface area contributed by atoms with Gasteiger partial charge in [0.1, 0.15) is 0 Å². The number of aliphatic hydroxyl groups excluding tert-OH is 1. The molecule has 0 radical (unpaired) electrons. The van der Waals surface area contributed by atoms with Crippen LogP contribution in [0.1, 0.15) is 35.6 Å². The smallest absolute Gasteiger partial charge is 0.0877 e. The minimum Gasteiger partial charge on any atom is -0.396 e. The topological polar surface area (TPSA) is 29.5 Å². The van der Waals surface area contributed by atoms with Crippen molar-refractivity contribution in [3.8, 4) is 0 Å². The summed E-state index contributed by atoms with van der Waals surface area (Å²) in [7, 11) is 0.